The van der Waals surface area contributed by atoms with Crippen molar-refractivity contribution in [3.8, 4) is 0 Å². The van der Waals surface area contributed by atoms with Crippen LogP contribution in [-0.4, -0.2) is 123 Å². The molecule has 0 aliphatic carbocycles. The second-order valence-electron chi connectivity index (χ2n) is 11.4. The quantitative estimate of drug-likeness (QED) is 0.0432. The fraction of sp³-hybridized carbons (Fsp3) is 0.583. The van der Waals surface area contributed by atoms with Gasteiger partial charge in [-0.2, -0.15) is 4.31 Å². The van der Waals surface area contributed by atoms with Gasteiger partial charge in [-0.05, 0) is 6.08 Å². The molecule has 7 unspecified atom stereocenters. The topological polar surface area (TPSA) is 364 Å². The van der Waals surface area contributed by atoms with Crippen LogP contribution < -0.4 is 16.4 Å². The Bertz CT molecular complexity index is 1760. The van der Waals surface area contributed by atoms with Crippen LogP contribution >= 0.6 is 35.2 Å². The van der Waals surface area contributed by atoms with Crippen LogP contribution in [0.2, 0.25) is 0 Å². The van der Waals surface area contributed by atoms with Gasteiger partial charge in [0.2, 0.25) is 16.9 Å². The lowest BCUT2D eigenvalue weighted by atomic mass is 9.87. The Kier molecular flexibility index (Phi) is 15.2. The highest BCUT2D eigenvalue weighted by Crippen LogP contribution is 2.61. The highest BCUT2D eigenvalue weighted by Gasteiger charge is 2.50. The summed E-state index contributed by atoms with van der Waals surface area (Å²) in [6.07, 6.45) is -5.79. The summed E-state index contributed by atoms with van der Waals surface area (Å²) in [6.45, 7) is 3.77. The molecule has 7 atom stereocenters. The molecule has 1 aliphatic heterocycles. The van der Waals surface area contributed by atoms with Crippen molar-refractivity contribution in [3.63, 3.8) is 0 Å². The van der Waals surface area contributed by atoms with E-state index in [-0.39, 0.29) is 41.6 Å². The predicted octanol–water partition coefficient (Wildman–Crippen LogP) is -1.15. The number of aliphatic hydroxyl groups excluding tert-OH is 2. The first-order valence-corrected chi connectivity index (χ1v) is 20.2. The highest BCUT2D eigenvalue weighted by atomic mass is 32.2. The predicted molar refractivity (Wildman–Crippen MR) is 177 cm³/mol. The van der Waals surface area contributed by atoms with Crippen molar-refractivity contribution < 1.29 is 80.5 Å². The van der Waals surface area contributed by atoms with Gasteiger partial charge in [-0.25, -0.2) is 28.6 Å². The molecule has 1 saturated heterocycles. The number of nitrogens with zero attached hydrogens (tertiary/aromatic N) is 4. The number of ether oxygens (including phenoxy) is 1. The number of hydrogen-bond acceptors (Lipinski definition) is 18. The molecule has 2 amide bonds. The standard InChI is InChI=1S/C24H38N7O17P3S/c1-4-15(33)52-8-7-26-14(32)5-6-27-22(36)19(35)24(2,3)10-45-51(42,43)48-50(40,41)44-9-13-18(47-49(37,38)39)17(34)23(46-13)31-12-30-16-20(25)28-11-29-21(16)31/h4,11-13,17-19,23,34-35H,1,5-10H2,2-3H3,(H,26,32)(H,27,36)(H,40,41)(H,42,43)(H2,25,28,29)(H2,37,38,39). The fourth-order valence-corrected chi connectivity index (χ4v) is 7.69. The number of aliphatic hydroxyl groups is 2. The van der Waals surface area contributed by atoms with Crippen molar-refractivity contribution in [1.29, 1.82) is 0 Å². The van der Waals surface area contributed by atoms with E-state index < -0.39 is 84.6 Å². The Morgan fingerprint density at radius 1 is 1.12 bits per heavy atom. The minimum Gasteiger partial charge on any atom is -0.386 e. The number of rotatable bonds is 20. The second-order valence-corrected chi connectivity index (χ2v) is 16.8. The SMILES string of the molecule is C=CC(=O)SCCNC(=O)CCNC(=O)C(O)C(C)(C)COP(=O)(O)OP(=O)(O)OCC1OC(n2cnc3c(N)ncnc32)C(O)C1OP(=O)(O)O. The van der Waals surface area contributed by atoms with Crippen molar-refractivity contribution in [2.24, 2.45) is 5.41 Å². The maximum Gasteiger partial charge on any atom is 0.481 e. The van der Waals surface area contributed by atoms with Gasteiger partial charge in [0, 0.05) is 30.7 Å². The number of fused-ring (bicyclic) bond motifs is 1. The van der Waals surface area contributed by atoms with Gasteiger partial charge in [0.1, 0.15) is 36.3 Å². The molecule has 3 heterocycles. The number of amides is 2. The molecule has 1 aliphatic rings. The van der Waals surface area contributed by atoms with Crippen LogP contribution in [0.1, 0.15) is 26.5 Å². The zero-order valence-corrected chi connectivity index (χ0v) is 30.9. The number of phosphoric ester groups is 3. The number of carbonyl (C=O) groups excluding carboxylic acids is 3. The van der Waals surface area contributed by atoms with E-state index in [0.717, 1.165) is 35.1 Å². The van der Waals surface area contributed by atoms with E-state index in [1.165, 1.54) is 13.8 Å². The van der Waals surface area contributed by atoms with E-state index in [1.54, 1.807) is 0 Å². The third kappa shape index (κ3) is 12.7. The Labute approximate surface area is 298 Å². The van der Waals surface area contributed by atoms with Crippen LogP contribution in [0.3, 0.4) is 0 Å². The molecule has 3 rings (SSSR count). The van der Waals surface area contributed by atoms with E-state index in [4.69, 9.17) is 19.5 Å². The molecule has 0 radical (unpaired) electrons. The number of thioether (sulfide) groups is 1. The van der Waals surface area contributed by atoms with Crippen LogP contribution in [0.25, 0.3) is 11.2 Å². The molecule has 0 aromatic carbocycles. The minimum absolute atomic E-state index is 0.0290. The van der Waals surface area contributed by atoms with E-state index in [0.29, 0.717) is 5.75 Å². The van der Waals surface area contributed by atoms with Crippen molar-refractivity contribution in [2.45, 2.75) is 50.9 Å². The van der Waals surface area contributed by atoms with Gasteiger partial charge in [0.15, 0.2) is 17.7 Å². The van der Waals surface area contributed by atoms with Crippen molar-refractivity contribution in [3.05, 3.63) is 25.3 Å². The largest absolute Gasteiger partial charge is 0.481 e. The average Bonchev–Trinajstić information content (AvgIpc) is 3.60. The van der Waals surface area contributed by atoms with Gasteiger partial charge in [0.05, 0.1) is 19.5 Å². The zero-order chi connectivity index (χ0) is 39.1. The molecule has 24 nitrogen and oxygen atoms in total. The molecule has 0 spiro atoms. The van der Waals surface area contributed by atoms with E-state index in [9.17, 15) is 57.9 Å². The first-order valence-electron chi connectivity index (χ1n) is 14.7. The molecule has 1 fully saturated rings. The molecule has 2 aromatic rings. The van der Waals surface area contributed by atoms with Crippen molar-refractivity contribution in [2.75, 3.05) is 37.8 Å². The average molecular weight is 822 g/mol. The summed E-state index contributed by atoms with van der Waals surface area (Å²) in [6, 6.07) is 0. The maximum absolute atomic E-state index is 12.6. The van der Waals surface area contributed by atoms with Gasteiger partial charge in [-0.1, -0.05) is 32.2 Å². The molecule has 28 heteroatoms. The molecular formula is C24H38N7O17P3S. The number of hydrogen-bond donors (Lipinski definition) is 9. The number of nitrogens with one attached hydrogen (secondary N) is 2. The maximum atomic E-state index is 12.6. The number of carbonyl (C=O) groups is 3. The number of anilines is 1. The molecule has 2 aromatic heterocycles. The Hall–Kier alpha value is -2.70. The normalized spacial score (nSPS) is 22.3. The van der Waals surface area contributed by atoms with Gasteiger partial charge < -0.3 is 50.9 Å². The number of phosphoric acid groups is 3. The van der Waals surface area contributed by atoms with E-state index in [1.807, 2.05) is 0 Å². The lowest BCUT2D eigenvalue weighted by Crippen LogP contribution is -2.46. The summed E-state index contributed by atoms with van der Waals surface area (Å²) in [5.41, 5.74) is 4.25. The van der Waals surface area contributed by atoms with Crippen LogP contribution in [-0.2, 0) is 50.7 Å². The second kappa shape index (κ2) is 18.1. The first kappa shape index (κ1) is 43.7. The molecule has 292 valence electrons. The smallest absolute Gasteiger partial charge is 0.386 e. The number of aromatic nitrogens is 4. The highest BCUT2D eigenvalue weighted by molar-refractivity contribution is 8.14. The Morgan fingerprint density at radius 2 is 1.79 bits per heavy atom. The third-order valence-electron chi connectivity index (χ3n) is 6.91. The van der Waals surface area contributed by atoms with E-state index in [2.05, 4.69) is 41.0 Å². The molecule has 0 saturated carbocycles. The lowest BCUT2D eigenvalue weighted by molar-refractivity contribution is -0.137. The summed E-state index contributed by atoms with van der Waals surface area (Å²) < 4.78 is 61.9. The lowest BCUT2D eigenvalue weighted by Gasteiger charge is -2.30. The summed E-state index contributed by atoms with van der Waals surface area (Å²) in [5.74, 6) is -1.18. The summed E-state index contributed by atoms with van der Waals surface area (Å²) in [4.78, 5) is 86.3. The van der Waals surface area contributed by atoms with Gasteiger partial charge in [0.25, 0.3) is 0 Å². The number of nitrogens with two attached hydrogens (primary N) is 1. The molecule has 10 N–H and O–H groups in total. The van der Waals surface area contributed by atoms with Crippen molar-refractivity contribution >= 4 is 69.1 Å². The Balaban J connectivity index is 1.54. The van der Waals surface area contributed by atoms with Gasteiger partial charge >= 0.3 is 23.5 Å². The van der Waals surface area contributed by atoms with Crippen LogP contribution in [0.4, 0.5) is 5.82 Å². The minimum atomic E-state index is -5.56. The summed E-state index contributed by atoms with van der Waals surface area (Å²) >= 11 is 0.952. The fourth-order valence-electron chi connectivity index (χ4n) is 4.34. The first-order chi connectivity index (χ1) is 24.1. The molecular weight excluding hydrogens is 783 g/mol. The Morgan fingerprint density at radius 3 is 2.44 bits per heavy atom. The summed E-state index contributed by atoms with van der Waals surface area (Å²) in [7, 11) is -16.4. The van der Waals surface area contributed by atoms with Gasteiger partial charge in [-0.15, -0.1) is 0 Å². The van der Waals surface area contributed by atoms with Gasteiger partial charge in [-0.3, -0.25) is 32.5 Å². The monoisotopic (exact) mass is 821 g/mol. The number of nitrogen functional groups attached to an aromatic ring is 1. The van der Waals surface area contributed by atoms with Crippen LogP contribution in [0.5, 0.6) is 0 Å². The number of imidazole rings is 1. The van der Waals surface area contributed by atoms with Crippen molar-refractivity contribution in [1.82, 2.24) is 30.2 Å². The van der Waals surface area contributed by atoms with E-state index >= 15 is 0 Å². The molecule has 0 bridgehead atoms. The van der Waals surface area contributed by atoms with Crippen LogP contribution in [0.15, 0.2) is 25.3 Å². The molecule has 52 heavy (non-hydrogen) atoms. The zero-order valence-electron chi connectivity index (χ0n) is 27.4. The van der Waals surface area contributed by atoms with Crippen LogP contribution in [0, 0.1) is 5.41 Å². The summed E-state index contributed by atoms with van der Waals surface area (Å²) in [5, 5.41) is 25.9. The third-order valence-corrected chi connectivity index (χ3v) is 10.9.